The number of nitrogens with one attached hydrogen (secondary N) is 1. The SMILES string of the molecule is C#Cc1c(C(C)(C)C)cc(C(C)(C)C)[nH]c1=O.C#Cc1c(N)nc(C(C)(C)C)c(C)c1C(C)(C)C.CC(C)(C)c1cc(C(C)(C)C)c2ccccc2n1.CCc1c(C(C)(C)C)cc(C(C)(C)C)nc1N.Cc1cc(C(C)(C)C)cc(C(C)(C)C)n1.Cc1nc(C(C)(C)C)cc(C(C)(C)C)c1C. The second kappa shape index (κ2) is 32.3. The van der Waals surface area contributed by atoms with E-state index in [1.807, 2.05) is 6.07 Å². The van der Waals surface area contributed by atoms with Crippen LogP contribution in [-0.4, -0.2) is 29.9 Å². The van der Waals surface area contributed by atoms with Crippen LogP contribution >= 0.6 is 0 Å². The van der Waals surface area contributed by atoms with Gasteiger partial charge in [-0.1, -0.05) is 286 Å². The third-order valence-electron chi connectivity index (χ3n) is 17.9. The van der Waals surface area contributed by atoms with Gasteiger partial charge in [0.1, 0.15) is 11.6 Å². The maximum atomic E-state index is 12.0. The minimum absolute atomic E-state index is 0.0364. The van der Waals surface area contributed by atoms with Crippen LogP contribution in [0.1, 0.15) is 363 Å². The fraction of sp³-hybridized carbons (Fsp3) is 0.587. The zero-order valence-corrected chi connectivity index (χ0v) is 71.9. The third kappa shape index (κ3) is 25.4. The number of hydrogen-bond acceptors (Lipinski definition) is 8. The van der Waals surface area contributed by atoms with Gasteiger partial charge in [-0.15, -0.1) is 12.8 Å². The summed E-state index contributed by atoms with van der Waals surface area (Å²) in [5.74, 6) is 6.38. The Hall–Kier alpha value is -7.10. The van der Waals surface area contributed by atoms with Gasteiger partial charge in [-0.2, -0.15) is 0 Å². The average molecular weight is 1380 g/mol. The smallest absolute Gasteiger partial charge is 0.264 e. The minimum atomic E-state index is -0.162. The van der Waals surface area contributed by atoms with Gasteiger partial charge in [-0.05, 0) is 159 Å². The first-order chi connectivity index (χ1) is 45.0. The number of nitrogen functional groups attached to an aromatic ring is 2. The van der Waals surface area contributed by atoms with Crippen molar-refractivity contribution in [3.05, 3.63) is 178 Å². The third-order valence-corrected chi connectivity index (χ3v) is 17.9. The average Bonchev–Trinajstić information content (AvgIpc) is 0.785. The van der Waals surface area contributed by atoms with Crippen LogP contribution in [0.5, 0.6) is 0 Å². The number of anilines is 2. The van der Waals surface area contributed by atoms with Crippen LogP contribution in [0.3, 0.4) is 0 Å². The summed E-state index contributed by atoms with van der Waals surface area (Å²) in [4.78, 5) is 38.1. The molecular formula is C92H142N8O. The molecule has 0 spiro atoms. The van der Waals surface area contributed by atoms with E-state index in [0.717, 1.165) is 62.7 Å². The molecule has 7 aromatic rings. The standard InChI is InChI=1S/C17H23N.C16H24N2.C15H26N2.C15H21NO.C15H25N.C14H23N/c1-16(2,3)13-11-15(17(4,5)6)18-14-10-8-7-9-12(13)14;1-9-11-12(15(3,4)5)10(2)13(16(6,7)8)18-14(11)17;1-8-10-11(14(2,3)4)9-12(15(5,6)7)17-13(10)16;1-8-10-11(14(2,3)4)9-12(15(5,6)7)16-13(10)17;1-10-11(2)16-13(15(6,7)8)9-12(10)14(3,4)5;1-10-8-11(13(2,3)4)9-12(15-10)14(5,6)7/h7-11H,1-6H3;1H,2-8H3,(H2,17,18);9H,8H2,1-7H3,(H2,16,17);1,9H,2-7H3,(H,16,17);9H,1-8H3;8-9H,1-7H3. The maximum absolute atomic E-state index is 12.0. The number of aryl methyl sites for hydroxylation is 2. The zero-order chi connectivity index (χ0) is 79.3. The Balaban J connectivity index is 0.000000412. The molecule has 0 saturated heterocycles. The van der Waals surface area contributed by atoms with Gasteiger partial charge in [0, 0.05) is 77.7 Å². The van der Waals surface area contributed by atoms with Gasteiger partial charge in [0.15, 0.2) is 0 Å². The summed E-state index contributed by atoms with van der Waals surface area (Å²) in [6.45, 7) is 89.4. The molecule has 0 aliphatic carbocycles. The van der Waals surface area contributed by atoms with Crippen LogP contribution < -0.4 is 17.0 Å². The molecule has 0 aliphatic rings. The Bertz CT molecular complexity index is 4090. The topological polar surface area (TPSA) is 149 Å². The highest BCUT2D eigenvalue weighted by atomic mass is 16.1. The summed E-state index contributed by atoms with van der Waals surface area (Å²) in [5, 5.41) is 1.28. The fourth-order valence-electron chi connectivity index (χ4n) is 11.8. The summed E-state index contributed by atoms with van der Waals surface area (Å²) in [5.41, 5.74) is 35.2. The number of aromatic nitrogens is 6. The second-order valence-corrected chi connectivity index (χ2v) is 40.3. The molecule has 0 saturated carbocycles. The molecule has 6 aromatic heterocycles. The Morgan fingerprint density at radius 2 is 0.812 bits per heavy atom. The van der Waals surface area contributed by atoms with Crippen molar-refractivity contribution in [1.82, 2.24) is 29.9 Å². The first-order valence-corrected chi connectivity index (χ1v) is 36.7. The molecule has 0 aliphatic heterocycles. The summed E-state index contributed by atoms with van der Waals surface area (Å²) in [7, 11) is 0. The van der Waals surface area contributed by atoms with Gasteiger partial charge in [0.2, 0.25) is 0 Å². The van der Waals surface area contributed by atoms with Crippen LogP contribution in [-0.2, 0) is 71.4 Å². The molecular weight excluding hydrogens is 1230 g/mol. The van der Waals surface area contributed by atoms with E-state index in [2.05, 4.69) is 370 Å². The highest BCUT2D eigenvalue weighted by molar-refractivity contribution is 5.83. The van der Waals surface area contributed by atoms with Gasteiger partial charge >= 0.3 is 0 Å². The van der Waals surface area contributed by atoms with Gasteiger partial charge in [-0.25, -0.2) is 9.97 Å². The van der Waals surface area contributed by atoms with E-state index in [1.54, 1.807) is 0 Å². The van der Waals surface area contributed by atoms with E-state index >= 15 is 0 Å². The molecule has 9 nitrogen and oxygen atoms in total. The van der Waals surface area contributed by atoms with E-state index in [9.17, 15) is 4.79 Å². The van der Waals surface area contributed by atoms with E-state index in [1.165, 1.54) is 55.8 Å². The number of aromatic amines is 1. The number of hydrogen-bond donors (Lipinski definition) is 3. The lowest BCUT2D eigenvalue weighted by Gasteiger charge is -2.29. The molecule has 0 fully saturated rings. The highest BCUT2D eigenvalue weighted by Crippen LogP contribution is 2.39. The number of nitrogens with two attached hydrogens (primary N) is 2. The van der Waals surface area contributed by atoms with Gasteiger partial charge in [0.05, 0.1) is 22.3 Å². The quantitative estimate of drug-likeness (QED) is 0.138. The summed E-state index contributed by atoms with van der Waals surface area (Å²) in [6, 6.07) is 21.7. The van der Waals surface area contributed by atoms with Crippen LogP contribution in [0.15, 0.2) is 65.5 Å². The van der Waals surface area contributed by atoms with Crippen molar-refractivity contribution in [3.8, 4) is 24.7 Å². The minimum Gasteiger partial charge on any atom is -0.383 e. The number of fused-ring (bicyclic) bond motifs is 1. The van der Waals surface area contributed by atoms with Crippen LogP contribution in [0.2, 0.25) is 0 Å². The number of para-hydroxylation sites is 1. The van der Waals surface area contributed by atoms with Crippen molar-refractivity contribution >= 4 is 22.5 Å². The molecule has 556 valence electrons. The molecule has 0 amide bonds. The maximum Gasteiger partial charge on any atom is 0.264 e. The lowest BCUT2D eigenvalue weighted by atomic mass is 9.77. The largest absolute Gasteiger partial charge is 0.383 e. The van der Waals surface area contributed by atoms with Crippen molar-refractivity contribution in [2.75, 3.05) is 11.5 Å². The molecule has 101 heavy (non-hydrogen) atoms. The molecule has 0 atom stereocenters. The van der Waals surface area contributed by atoms with Crippen molar-refractivity contribution < 1.29 is 0 Å². The fourth-order valence-corrected chi connectivity index (χ4v) is 11.8. The second-order valence-electron chi connectivity index (χ2n) is 40.3. The van der Waals surface area contributed by atoms with E-state index in [4.69, 9.17) is 34.3 Å². The lowest BCUT2D eigenvalue weighted by molar-refractivity contribution is 0.545. The van der Waals surface area contributed by atoms with Crippen molar-refractivity contribution in [1.29, 1.82) is 0 Å². The number of pyridine rings is 6. The van der Waals surface area contributed by atoms with Gasteiger partial charge < -0.3 is 16.5 Å². The van der Waals surface area contributed by atoms with Crippen molar-refractivity contribution in [3.63, 3.8) is 0 Å². The first kappa shape index (κ1) is 90.0. The summed E-state index contributed by atoms with van der Waals surface area (Å²) in [6.07, 6.45) is 12.0. The molecule has 5 N–H and O–H groups in total. The first-order valence-electron chi connectivity index (χ1n) is 36.7. The Morgan fingerprint density at radius 3 is 1.21 bits per heavy atom. The Labute approximate surface area is 618 Å². The number of nitrogens with zero attached hydrogens (tertiary/aromatic N) is 5. The Morgan fingerprint density at radius 1 is 0.396 bits per heavy atom. The van der Waals surface area contributed by atoms with Crippen molar-refractivity contribution in [2.45, 2.75) is 355 Å². The number of rotatable bonds is 1. The normalized spacial score (nSPS) is 12.7. The van der Waals surface area contributed by atoms with Gasteiger partial charge in [0.25, 0.3) is 5.56 Å². The molecule has 0 unspecified atom stereocenters. The van der Waals surface area contributed by atoms with Crippen molar-refractivity contribution in [2.24, 2.45) is 0 Å². The monoisotopic (exact) mass is 1380 g/mol. The highest BCUT2D eigenvalue weighted by Gasteiger charge is 2.31. The number of terminal acetylenes is 2. The predicted molar refractivity (Wildman–Crippen MR) is 443 cm³/mol. The Kier molecular flexibility index (Phi) is 28.8. The van der Waals surface area contributed by atoms with Crippen LogP contribution in [0, 0.1) is 52.4 Å². The van der Waals surface area contributed by atoms with Crippen LogP contribution in [0.25, 0.3) is 10.9 Å². The van der Waals surface area contributed by atoms with Gasteiger partial charge in [-0.3, -0.25) is 19.7 Å². The van der Waals surface area contributed by atoms with Crippen LogP contribution in [0.4, 0.5) is 11.6 Å². The number of benzene rings is 1. The van der Waals surface area contributed by atoms with E-state index in [-0.39, 0.29) is 70.5 Å². The molecule has 7 rings (SSSR count). The predicted octanol–water partition coefficient (Wildman–Crippen LogP) is 23.4. The number of H-pyrrole nitrogens is 1. The molecule has 0 bridgehead atoms. The lowest BCUT2D eigenvalue weighted by Crippen LogP contribution is -2.26. The molecule has 9 heteroatoms. The zero-order valence-electron chi connectivity index (χ0n) is 71.9. The van der Waals surface area contributed by atoms with E-state index < -0.39 is 0 Å². The molecule has 6 heterocycles. The van der Waals surface area contributed by atoms with E-state index in [0.29, 0.717) is 17.2 Å². The molecule has 0 radical (unpaired) electrons. The summed E-state index contributed by atoms with van der Waals surface area (Å²) >= 11 is 0. The molecule has 1 aromatic carbocycles. The summed E-state index contributed by atoms with van der Waals surface area (Å²) < 4.78 is 0.